The zero-order valence-corrected chi connectivity index (χ0v) is 18.3. The fourth-order valence-electron chi connectivity index (χ4n) is 3.67. The number of aryl methyl sites for hydroxylation is 1. The number of rotatable bonds is 8. The van der Waals surface area contributed by atoms with Crippen LogP contribution in [-0.4, -0.2) is 72.8 Å². The molecule has 1 saturated heterocycles. The molecule has 2 aromatic rings. The van der Waals surface area contributed by atoms with Crippen LogP contribution in [0.4, 0.5) is 10.1 Å². The van der Waals surface area contributed by atoms with Gasteiger partial charge in [0.1, 0.15) is 5.82 Å². The van der Waals surface area contributed by atoms with Crippen LogP contribution in [0.15, 0.2) is 48.5 Å². The molecule has 1 aliphatic rings. The maximum absolute atomic E-state index is 13.0. The van der Waals surface area contributed by atoms with Crippen molar-refractivity contribution in [2.75, 3.05) is 51.6 Å². The predicted octanol–water partition coefficient (Wildman–Crippen LogP) is 2.60. The molecule has 1 heterocycles. The minimum absolute atomic E-state index is 0.114. The van der Waals surface area contributed by atoms with Gasteiger partial charge in [-0.15, -0.1) is 0 Å². The fourth-order valence-corrected chi connectivity index (χ4v) is 3.67. The van der Waals surface area contributed by atoms with Gasteiger partial charge in [-0.3, -0.25) is 19.4 Å². The predicted molar refractivity (Wildman–Crippen MR) is 120 cm³/mol. The summed E-state index contributed by atoms with van der Waals surface area (Å²) in [6.45, 7) is 6.05. The third-order valence-electron chi connectivity index (χ3n) is 5.51. The molecule has 1 aliphatic heterocycles. The molecule has 1 fully saturated rings. The van der Waals surface area contributed by atoms with Crippen molar-refractivity contribution in [3.05, 3.63) is 65.5 Å². The second-order valence-corrected chi connectivity index (χ2v) is 8.05. The minimum Gasteiger partial charge on any atom is -0.339 e. The number of nitrogens with zero attached hydrogens (tertiary/aromatic N) is 3. The van der Waals surface area contributed by atoms with Gasteiger partial charge in [-0.2, -0.15) is 0 Å². The molecule has 31 heavy (non-hydrogen) atoms. The molecule has 1 N–H and O–H groups in total. The number of likely N-dealkylation sites (N-methyl/N-ethyl adjacent to an activating group) is 1. The van der Waals surface area contributed by atoms with Gasteiger partial charge in [-0.1, -0.05) is 31.2 Å². The molecule has 3 rings (SSSR count). The highest BCUT2D eigenvalue weighted by Gasteiger charge is 2.23. The average Bonchev–Trinajstić information content (AvgIpc) is 2.76. The van der Waals surface area contributed by atoms with Gasteiger partial charge in [-0.05, 0) is 48.9 Å². The first-order valence-corrected chi connectivity index (χ1v) is 10.7. The summed E-state index contributed by atoms with van der Waals surface area (Å²) in [6, 6.07) is 14.2. The van der Waals surface area contributed by atoms with Crippen molar-refractivity contribution in [1.82, 2.24) is 14.7 Å². The highest BCUT2D eigenvalue weighted by Crippen LogP contribution is 2.10. The first-order valence-electron chi connectivity index (χ1n) is 10.7. The van der Waals surface area contributed by atoms with E-state index < -0.39 is 0 Å². The molecule has 2 amide bonds. The summed E-state index contributed by atoms with van der Waals surface area (Å²) in [5.74, 6) is -0.359. The van der Waals surface area contributed by atoms with E-state index >= 15 is 0 Å². The van der Waals surface area contributed by atoms with Gasteiger partial charge >= 0.3 is 0 Å². The lowest BCUT2D eigenvalue weighted by atomic mass is 10.1. The van der Waals surface area contributed by atoms with Crippen LogP contribution < -0.4 is 5.32 Å². The Hall–Kier alpha value is -2.77. The molecule has 0 radical (unpaired) electrons. The maximum atomic E-state index is 13.0. The first-order chi connectivity index (χ1) is 14.9. The number of carbonyl (C=O) groups excluding carboxylic acids is 2. The van der Waals surface area contributed by atoms with Crippen molar-refractivity contribution in [1.29, 1.82) is 0 Å². The van der Waals surface area contributed by atoms with Gasteiger partial charge < -0.3 is 10.2 Å². The number of benzene rings is 2. The van der Waals surface area contributed by atoms with Gasteiger partial charge in [0.2, 0.25) is 11.8 Å². The summed E-state index contributed by atoms with van der Waals surface area (Å²) in [5.41, 5.74) is 3.09. The Bertz CT molecular complexity index is 862. The van der Waals surface area contributed by atoms with E-state index in [1.165, 1.54) is 23.3 Å². The molecular weight excluding hydrogens is 395 g/mol. The summed E-state index contributed by atoms with van der Waals surface area (Å²) in [5, 5.41) is 2.77. The lowest BCUT2D eigenvalue weighted by Crippen LogP contribution is -2.52. The van der Waals surface area contributed by atoms with Crippen LogP contribution in [0, 0.1) is 5.82 Å². The van der Waals surface area contributed by atoms with E-state index in [2.05, 4.69) is 36.5 Å². The Labute approximate surface area is 183 Å². The van der Waals surface area contributed by atoms with Gasteiger partial charge in [0, 0.05) is 38.4 Å². The number of anilines is 1. The zero-order valence-electron chi connectivity index (χ0n) is 18.3. The third kappa shape index (κ3) is 7.15. The Balaban J connectivity index is 1.38. The Morgan fingerprint density at radius 2 is 1.58 bits per heavy atom. The van der Waals surface area contributed by atoms with Gasteiger partial charge in [0.15, 0.2) is 0 Å². The normalized spacial score (nSPS) is 14.6. The lowest BCUT2D eigenvalue weighted by Gasteiger charge is -2.35. The van der Waals surface area contributed by atoms with Crippen LogP contribution in [0.1, 0.15) is 18.1 Å². The highest BCUT2D eigenvalue weighted by molar-refractivity contribution is 5.92. The van der Waals surface area contributed by atoms with Crippen LogP contribution in [-0.2, 0) is 22.6 Å². The van der Waals surface area contributed by atoms with E-state index in [0.717, 1.165) is 13.0 Å². The summed E-state index contributed by atoms with van der Waals surface area (Å²) in [4.78, 5) is 30.8. The molecule has 2 aromatic carbocycles. The van der Waals surface area contributed by atoms with Crippen molar-refractivity contribution in [2.45, 2.75) is 19.9 Å². The number of hydrogen-bond donors (Lipinski definition) is 1. The first kappa shape index (κ1) is 22.9. The molecule has 6 nitrogen and oxygen atoms in total. The topological polar surface area (TPSA) is 55.9 Å². The van der Waals surface area contributed by atoms with Crippen molar-refractivity contribution in [2.24, 2.45) is 0 Å². The largest absolute Gasteiger partial charge is 0.339 e. The lowest BCUT2D eigenvalue weighted by molar-refractivity contribution is -0.134. The fraction of sp³-hybridized carbons (Fsp3) is 0.417. The summed E-state index contributed by atoms with van der Waals surface area (Å²) in [6.07, 6.45) is 1.02. The van der Waals surface area contributed by atoms with Gasteiger partial charge in [0.25, 0.3) is 0 Å². The Kier molecular flexibility index (Phi) is 8.14. The van der Waals surface area contributed by atoms with E-state index in [0.29, 0.717) is 38.4 Å². The second kappa shape index (κ2) is 11.0. The molecular formula is C24H31FN4O2. The van der Waals surface area contributed by atoms with Crippen molar-refractivity contribution in [3.63, 3.8) is 0 Å². The molecule has 0 aliphatic carbocycles. The van der Waals surface area contributed by atoms with Crippen LogP contribution in [0.3, 0.4) is 0 Å². The van der Waals surface area contributed by atoms with Crippen molar-refractivity contribution in [3.8, 4) is 0 Å². The maximum Gasteiger partial charge on any atom is 0.238 e. The Morgan fingerprint density at radius 3 is 2.19 bits per heavy atom. The summed E-state index contributed by atoms with van der Waals surface area (Å²) < 4.78 is 13.0. The summed E-state index contributed by atoms with van der Waals surface area (Å²) >= 11 is 0. The van der Waals surface area contributed by atoms with E-state index in [-0.39, 0.29) is 24.2 Å². The number of carbonyl (C=O) groups is 2. The van der Waals surface area contributed by atoms with Crippen LogP contribution in [0.2, 0.25) is 0 Å². The molecule has 0 aromatic heterocycles. The number of halogens is 1. The standard InChI is InChI=1S/C24H31FN4O2/c1-3-19-4-6-20(7-5-19)16-27(2)18-24(31)29-14-12-28(13-15-29)17-23(30)26-22-10-8-21(25)9-11-22/h4-11H,3,12-18H2,1-2H3,(H,26,30). The molecule has 0 bridgehead atoms. The molecule has 0 spiro atoms. The van der Waals surface area contributed by atoms with E-state index in [4.69, 9.17) is 0 Å². The van der Waals surface area contributed by atoms with E-state index in [1.807, 2.05) is 21.7 Å². The van der Waals surface area contributed by atoms with Crippen molar-refractivity contribution < 1.29 is 14.0 Å². The molecule has 0 atom stereocenters. The zero-order chi connectivity index (χ0) is 22.2. The number of amides is 2. The number of nitrogens with one attached hydrogen (secondary N) is 1. The minimum atomic E-state index is -0.334. The second-order valence-electron chi connectivity index (χ2n) is 8.05. The Morgan fingerprint density at radius 1 is 0.968 bits per heavy atom. The molecule has 0 unspecified atom stereocenters. The SMILES string of the molecule is CCc1ccc(CN(C)CC(=O)N2CCN(CC(=O)Nc3ccc(F)cc3)CC2)cc1. The quantitative estimate of drug-likeness (QED) is 0.705. The van der Waals surface area contributed by atoms with Crippen LogP contribution in [0.5, 0.6) is 0 Å². The van der Waals surface area contributed by atoms with Crippen LogP contribution in [0.25, 0.3) is 0 Å². The molecule has 7 heteroatoms. The van der Waals surface area contributed by atoms with Gasteiger partial charge in [0.05, 0.1) is 13.1 Å². The highest BCUT2D eigenvalue weighted by atomic mass is 19.1. The van der Waals surface area contributed by atoms with E-state index in [9.17, 15) is 14.0 Å². The van der Waals surface area contributed by atoms with Crippen LogP contribution >= 0.6 is 0 Å². The third-order valence-corrected chi connectivity index (χ3v) is 5.51. The van der Waals surface area contributed by atoms with E-state index in [1.54, 1.807) is 12.1 Å². The summed E-state index contributed by atoms with van der Waals surface area (Å²) in [7, 11) is 1.96. The average molecular weight is 427 g/mol. The van der Waals surface area contributed by atoms with Gasteiger partial charge in [-0.25, -0.2) is 4.39 Å². The van der Waals surface area contributed by atoms with Crippen molar-refractivity contribution >= 4 is 17.5 Å². The number of hydrogen-bond acceptors (Lipinski definition) is 4. The smallest absolute Gasteiger partial charge is 0.238 e. The molecule has 166 valence electrons. The number of piperazine rings is 1. The molecule has 0 saturated carbocycles. The monoisotopic (exact) mass is 426 g/mol.